The lowest BCUT2D eigenvalue weighted by molar-refractivity contribution is -0.386. The second-order valence-corrected chi connectivity index (χ2v) is 7.09. The number of amides is 1. The number of carbonyl (C=O) groups excluding carboxylic acids is 1. The molecule has 9 nitrogen and oxygen atoms in total. The number of rotatable bonds is 6. The third-order valence-corrected chi connectivity index (χ3v) is 5.16. The van der Waals surface area contributed by atoms with Crippen LogP contribution in [0.3, 0.4) is 0 Å². The van der Waals surface area contributed by atoms with Crippen LogP contribution in [0.1, 0.15) is 44.3 Å². The number of hydrogen-bond donors (Lipinski definition) is 1. The fourth-order valence-corrected chi connectivity index (χ4v) is 3.38. The van der Waals surface area contributed by atoms with Gasteiger partial charge in [0.2, 0.25) is 0 Å². The minimum absolute atomic E-state index is 0.0435. The van der Waals surface area contributed by atoms with Gasteiger partial charge in [-0.05, 0) is 45.4 Å². The van der Waals surface area contributed by atoms with Gasteiger partial charge in [-0.2, -0.15) is 10.2 Å². The van der Waals surface area contributed by atoms with Crippen LogP contribution in [0, 0.1) is 37.8 Å². The van der Waals surface area contributed by atoms with Crippen molar-refractivity contribution < 1.29 is 9.72 Å². The topological polar surface area (TPSA) is 108 Å². The first-order chi connectivity index (χ1) is 13.7. The molecule has 0 aliphatic rings. The van der Waals surface area contributed by atoms with E-state index < -0.39 is 4.92 Å². The highest BCUT2D eigenvalue weighted by atomic mass is 16.6. The Labute approximate surface area is 168 Å². The van der Waals surface area contributed by atoms with E-state index in [-0.39, 0.29) is 11.6 Å². The first kappa shape index (κ1) is 20.2. The highest BCUT2D eigenvalue weighted by molar-refractivity contribution is 5.94. The van der Waals surface area contributed by atoms with Gasteiger partial charge in [0.1, 0.15) is 11.4 Å². The second-order valence-electron chi connectivity index (χ2n) is 7.09. The van der Waals surface area contributed by atoms with Crippen molar-refractivity contribution in [1.82, 2.24) is 24.9 Å². The van der Waals surface area contributed by atoms with Gasteiger partial charge in [0.05, 0.1) is 17.2 Å². The van der Waals surface area contributed by atoms with Gasteiger partial charge in [0, 0.05) is 30.4 Å². The van der Waals surface area contributed by atoms with Crippen LogP contribution < -0.4 is 5.32 Å². The first-order valence-electron chi connectivity index (χ1n) is 9.23. The minimum atomic E-state index is -0.409. The van der Waals surface area contributed by atoms with Crippen LogP contribution in [0.4, 0.5) is 5.69 Å². The Bertz CT molecular complexity index is 1080. The molecule has 1 aromatic carbocycles. The lowest BCUT2D eigenvalue weighted by atomic mass is 10.1. The summed E-state index contributed by atoms with van der Waals surface area (Å²) in [7, 11) is 1.88. The van der Waals surface area contributed by atoms with E-state index in [0.717, 1.165) is 22.5 Å². The number of hydrogen-bond acceptors (Lipinski definition) is 5. The van der Waals surface area contributed by atoms with Gasteiger partial charge in [-0.15, -0.1) is 0 Å². The van der Waals surface area contributed by atoms with Crippen LogP contribution in [-0.4, -0.2) is 30.4 Å². The molecule has 2 heterocycles. The molecule has 0 bridgehead atoms. The van der Waals surface area contributed by atoms with Gasteiger partial charge in [-0.1, -0.05) is 12.1 Å². The normalized spacial score (nSPS) is 10.9. The lowest BCUT2D eigenvalue weighted by Crippen LogP contribution is -2.23. The Morgan fingerprint density at radius 2 is 1.72 bits per heavy atom. The molecule has 0 aliphatic carbocycles. The number of benzene rings is 1. The summed E-state index contributed by atoms with van der Waals surface area (Å²) in [5.74, 6) is -0.166. The molecular weight excluding hydrogens is 372 g/mol. The molecule has 1 amide bonds. The monoisotopic (exact) mass is 396 g/mol. The molecule has 3 aromatic rings. The maximum Gasteiger partial charge on any atom is 0.312 e. The average Bonchev–Trinajstić information content (AvgIpc) is 3.08. The van der Waals surface area contributed by atoms with Crippen molar-refractivity contribution in [3.63, 3.8) is 0 Å². The van der Waals surface area contributed by atoms with Gasteiger partial charge in [-0.25, -0.2) is 0 Å². The second kappa shape index (κ2) is 7.86. The minimum Gasteiger partial charge on any atom is -0.348 e. The van der Waals surface area contributed by atoms with E-state index in [1.54, 1.807) is 35.3 Å². The van der Waals surface area contributed by atoms with Crippen LogP contribution in [0.2, 0.25) is 0 Å². The molecular formula is C20H24N6O3. The number of nitrogens with one attached hydrogen (secondary N) is 1. The van der Waals surface area contributed by atoms with Gasteiger partial charge >= 0.3 is 5.69 Å². The Kier molecular flexibility index (Phi) is 5.49. The Balaban J connectivity index is 1.68. The molecule has 0 unspecified atom stereocenters. The van der Waals surface area contributed by atoms with Gasteiger partial charge in [0.25, 0.3) is 5.91 Å². The van der Waals surface area contributed by atoms with Crippen molar-refractivity contribution >= 4 is 11.6 Å². The molecule has 0 spiro atoms. The van der Waals surface area contributed by atoms with Crippen LogP contribution in [0.15, 0.2) is 24.3 Å². The zero-order valence-electron chi connectivity index (χ0n) is 17.2. The van der Waals surface area contributed by atoms with Gasteiger partial charge in [-0.3, -0.25) is 24.3 Å². The number of nitro groups is 1. The van der Waals surface area contributed by atoms with Crippen molar-refractivity contribution in [2.45, 2.75) is 40.8 Å². The van der Waals surface area contributed by atoms with E-state index in [2.05, 4.69) is 15.5 Å². The summed E-state index contributed by atoms with van der Waals surface area (Å²) in [6.07, 6.45) is 0. The maximum atomic E-state index is 12.5. The van der Waals surface area contributed by atoms with E-state index in [4.69, 9.17) is 0 Å². The standard InChI is InChI=1S/C20H24N6O3/c1-12-18(14(3)24(5)22-12)10-21-20(27)17-8-6-16(7-9-17)11-25-15(4)19(26(28)29)13(2)23-25/h6-9H,10-11H2,1-5H3,(H,21,27). The van der Waals surface area contributed by atoms with Crippen LogP contribution in [0.5, 0.6) is 0 Å². The van der Waals surface area contributed by atoms with E-state index in [9.17, 15) is 14.9 Å². The molecule has 152 valence electrons. The molecule has 1 N–H and O–H groups in total. The van der Waals surface area contributed by atoms with Crippen molar-refractivity contribution in [3.05, 3.63) is 73.8 Å². The molecule has 2 aromatic heterocycles. The van der Waals surface area contributed by atoms with Crippen LogP contribution in [0.25, 0.3) is 0 Å². The Morgan fingerprint density at radius 1 is 1.07 bits per heavy atom. The summed E-state index contributed by atoms with van der Waals surface area (Å²) in [5, 5.41) is 22.7. The highest BCUT2D eigenvalue weighted by Gasteiger charge is 2.21. The van der Waals surface area contributed by atoms with Gasteiger partial charge in [0.15, 0.2) is 0 Å². The van der Waals surface area contributed by atoms with E-state index in [0.29, 0.717) is 30.0 Å². The van der Waals surface area contributed by atoms with Crippen LogP contribution >= 0.6 is 0 Å². The quantitative estimate of drug-likeness (QED) is 0.509. The maximum absolute atomic E-state index is 12.5. The van der Waals surface area contributed by atoms with Crippen molar-refractivity contribution in [3.8, 4) is 0 Å². The van der Waals surface area contributed by atoms with Crippen molar-refractivity contribution in [1.29, 1.82) is 0 Å². The van der Waals surface area contributed by atoms with Crippen LogP contribution in [-0.2, 0) is 20.1 Å². The Morgan fingerprint density at radius 3 is 2.24 bits per heavy atom. The zero-order chi connectivity index (χ0) is 21.3. The summed E-state index contributed by atoms with van der Waals surface area (Å²) in [6.45, 7) is 8.02. The number of carbonyl (C=O) groups is 1. The van der Waals surface area contributed by atoms with E-state index in [1.165, 1.54) is 0 Å². The Hall–Kier alpha value is -3.49. The molecule has 0 radical (unpaired) electrons. The molecule has 0 fully saturated rings. The van der Waals surface area contributed by atoms with Crippen molar-refractivity contribution in [2.24, 2.45) is 7.05 Å². The summed E-state index contributed by atoms with van der Waals surface area (Å²) in [5.41, 5.74) is 5.34. The predicted molar refractivity (Wildman–Crippen MR) is 108 cm³/mol. The summed E-state index contributed by atoms with van der Waals surface area (Å²) in [4.78, 5) is 23.2. The molecule has 3 rings (SSSR count). The molecule has 0 saturated heterocycles. The predicted octanol–water partition coefficient (Wildman–Crippen LogP) is 2.74. The zero-order valence-corrected chi connectivity index (χ0v) is 17.2. The van der Waals surface area contributed by atoms with E-state index >= 15 is 0 Å². The molecule has 0 aliphatic heterocycles. The SMILES string of the molecule is Cc1nn(C)c(C)c1CNC(=O)c1ccc(Cn2nc(C)c([N+](=O)[O-])c2C)cc1. The number of nitrogens with zero attached hydrogens (tertiary/aromatic N) is 5. The smallest absolute Gasteiger partial charge is 0.312 e. The fraction of sp³-hybridized carbons (Fsp3) is 0.350. The molecule has 9 heteroatoms. The largest absolute Gasteiger partial charge is 0.348 e. The van der Waals surface area contributed by atoms with Crippen molar-refractivity contribution in [2.75, 3.05) is 0 Å². The highest BCUT2D eigenvalue weighted by Crippen LogP contribution is 2.22. The number of aryl methyl sites for hydroxylation is 3. The fourth-order valence-electron chi connectivity index (χ4n) is 3.38. The third-order valence-electron chi connectivity index (χ3n) is 5.16. The molecule has 0 atom stereocenters. The van der Waals surface area contributed by atoms with Gasteiger partial charge < -0.3 is 5.32 Å². The van der Waals surface area contributed by atoms with E-state index in [1.807, 2.05) is 33.0 Å². The summed E-state index contributed by atoms with van der Waals surface area (Å²) >= 11 is 0. The molecule has 0 saturated carbocycles. The number of aromatic nitrogens is 4. The molecule has 29 heavy (non-hydrogen) atoms. The summed E-state index contributed by atoms with van der Waals surface area (Å²) in [6, 6.07) is 7.15. The third kappa shape index (κ3) is 4.03. The lowest BCUT2D eigenvalue weighted by Gasteiger charge is -2.08. The average molecular weight is 396 g/mol. The first-order valence-corrected chi connectivity index (χ1v) is 9.23. The summed E-state index contributed by atoms with van der Waals surface area (Å²) < 4.78 is 3.41.